The van der Waals surface area contributed by atoms with Gasteiger partial charge in [-0.25, -0.2) is 4.57 Å². The molecule has 7 heteroatoms. The minimum absolute atomic E-state index is 0.355. The Morgan fingerprint density at radius 3 is 2.45 bits per heavy atom. The summed E-state index contributed by atoms with van der Waals surface area (Å²) in [6, 6.07) is 7.41. The van der Waals surface area contributed by atoms with Crippen LogP contribution in [0.15, 0.2) is 24.3 Å². The average molecular weight is 348 g/mol. The van der Waals surface area contributed by atoms with Crippen molar-refractivity contribution in [2.24, 2.45) is 0 Å². The van der Waals surface area contributed by atoms with Crippen molar-refractivity contribution >= 4 is 18.2 Å². The topological polar surface area (TPSA) is 65.0 Å². The van der Waals surface area contributed by atoms with Gasteiger partial charge in [-0.05, 0) is 44.1 Å². The van der Waals surface area contributed by atoms with E-state index >= 15 is 0 Å². The van der Waals surface area contributed by atoms with Gasteiger partial charge in [0.25, 0.3) is 0 Å². The van der Waals surface area contributed by atoms with E-state index in [9.17, 15) is 9.67 Å². The van der Waals surface area contributed by atoms with Gasteiger partial charge < -0.3 is 18.9 Å². The van der Waals surface area contributed by atoms with Gasteiger partial charge in [0.2, 0.25) is 0 Å². The molecule has 0 aliphatic heterocycles. The van der Waals surface area contributed by atoms with Gasteiger partial charge in [-0.3, -0.25) is 0 Å². The van der Waals surface area contributed by atoms with Gasteiger partial charge in [-0.2, -0.15) is 0 Å². The minimum atomic E-state index is -3.06. The third-order valence-corrected chi connectivity index (χ3v) is 7.01. The Labute approximate surface area is 136 Å². The Morgan fingerprint density at radius 2 is 1.86 bits per heavy atom. The highest BCUT2D eigenvalue weighted by molar-refractivity contribution is 8.55. The van der Waals surface area contributed by atoms with Crippen LogP contribution in [-0.4, -0.2) is 31.2 Å². The lowest BCUT2D eigenvalue weighted by molar-refractivity contribution is 0.162. The van der Waals surface area contributed by atoms with Crippen LogP contribution in [-0.2, 0) is 13.6 Å². The summed E-state index contributed by atoms with van der Waals surface area (Å²) in [5.41, 5.74) is 0.771. The maximum Gasteiger partial charge on any atom is 0.389 e. The van der Waals surface area contributed by atoms with E-state index in [1.54, 1.807) is 21.0 Å². The van der Waals surface area contributed by atoms with E-state index in [4.69, 9.17) is 13.8 Å². The van der Waals surface area contributed by atoms with Gasteiger partial charge in [0.1, 0.15) is 5.75 Å². The van der Waals surface area contributed by atoms with Crippen LogP contribution in [0.1, 0.15) is 38.4 Å². The summed E-state index contributed by atoms with van der Waals surface area (Å²) < 4.78 is 27.9. The molecule has 0 amide bonds. The summed E-state index contributed by atoms with van der Waals surface area (Å²) in [6.45, 7) is 1.23. The van der Waals surface area contributed by atoms with Crippen molar-refractivity contribution in [1.29, 1.82) is 0 Å². The van der Waals surface area contributed by atoms with Crippen LogP contribution in [0.5, 0.6) is 5.75 Å². The van der Waals surface area contributed by atoms with Crippen LogP contribution in [0.25, 0.3) is 0 Å². The first-order valence-electron chi connectivity index (χ1n) is 7.41. The molecule has 1 atom stereocenters. The van der Waals surface area contributed by atoms with E-state index in [0.29, 0.717) is 37.6 Å². The molecule has 1 N–H and O–H groups in total. The molecule has 126 valence electrons. The summed E-state index contributed by atoms with van der Waals surface area (Å²) in [7, 11) is 1.59. The molecule has 1 aromatic rings. The summed E-state index contributed by atoms with van der Waals surface area (Å²) in [4.78, 5) is 0. The third kappa shape index (κ3) is 6.31. The Morgan fingerprint density at radius 1 is 1.23 bits per heavy atom. The molecule has 5 nitrogen and oxygen atoms in total. The van der Waals surface area contributed by atoms with Crippen LogP contribution < -0.4 is 4.74 Å². The molecule has 0 fully saturated rings. The lowest BCUT2D eigenvalue weighted by Gasteiger charge is -2.17. The molecule has 0 bridgehead atoms. The van der Waals surface area contributed by atoms with Gasteiger partial charge in [0, 0.05) is 11.3 Å². The fourth-order valence-corrected chi connectivity index (χ4v) is 5.49. The molecular weight excluding hydrogens is 323 g/mol. The number of ether oxygens (including phenoxy) is 1. The molecule has 22 heavy (non-hydrogen) atoms. The largest absolute Gasteiger partial charge is 0.496 e. The lowest BCUT2D eigenvalue weighted by Crippen LogP contribution is -2.01. The Bertz CT molecular complexity index is 473. The summed E-state index contributed by atoms with van der Waals surface area (Å²) >= 11 is 1.19. The van der Waals surface area contributed by atoms with Crippen LogP contribution in [0.4, 0.5) is 0 Å². The van der Waals surface area contributed by atoms with Crippen LogP contribution in [0.2, 0.25) is 0 Å². The number of hydrogen-bond acceptors (Lipinski definition) is 6. The third-order valence-electron chi connectivity index (χ3n) is 2.94. The number of methoxy groups -OCH3 is 1. The number of para-hydroxylation sites is 1. The van der Waals surface area contributed by atoms with E-state index in [0.717, 1.165) is 5.56 Å². The number of aliphatic hydroxyl groups excluding tert-OH is 1. The summed E-state index contributed by atoms with van der Waals surface area (Å²) in [6.07, 6.45) is 0.662. The van der Waals surface area contributed by atoms with Crippen molar-refractivity contribution in [3.05, 3.63) is 29.8 Å². The second-order valence-electron chi connectivity index (χ2n) is 4.52. The van der Waals surface area contributed by atoms with E-state index in [1.165, 1.54) is 11.4 Å². The van der Waals surface area contributed by atoms with Gasteiger partial charge in [0.15, 0.2) is 0 Å². The zero-order valence-electron chi connectivity index (χ0n) is 13.4. The smallest absolute Gasteiger partial charge is 0.389 e. The molecule has 0 unspecified atom stereocenters. The molecule has 0 aliphatic rings. The molecular formula is C15H25O5PS. The molecule has 0 saturated carbocycles. The van der Waals surface area contributed by atoms with Gasteiger partial charge in [0.05, 0.1) is 26.4 Å². The maximum absolute atomic E-state index is 12.3. The van der Waals surface area contributed by atoms with Crippen LogP contribution >= 0.6 is 18.2 Å². The highest BCUT2D eigenvalue weighted by Crippen LogP contribution is 2.60. The normalized spacial score (nSPS) is 13.1. The Hall–Kier alpha value is -0.520. The monoisotopic (exact) mass is 348 g/mol. The van der Waals surface area contributed by atoms with Gasteiger partial charge in [-0.15, -0.1) is 0 Å². The fourth-order valence-electron chi connectivity index (χ4n) is 1.98. The minimum Gasteiger partial charge on any atom is -0.496 e. The number of rotatable bonds is 11. The predicted octanol–water partition coefficient (Wildman–Crippen LogP) is 4.42. The Balaban J connectivity index is 2.44. The average Bonchev–Trinajstić information content (AvgIpc) is 2.52. The second-order valence-corrected chi connectivity index (χ2v) is 8.71. The lowest BCUT2D eigenvalue weighted by atomic mass is 10.0. The first-order chi connectivity index (χ1) is 10.6. The molecule has 0 radical (unpaired) electrons. The molecule has 1 aromatic carbocycles. The molecule has 1 rings (SSSR count). The highest BCUT2D eigenvalue weighted by Gasteiger charge is 2.24. The summed E-state index contributed by atoms with van der Waals surface area (Å²) in [5.74, 6) is 1.28. The maximum atomic E-state index is 12.3. The fraction of sp³-hybridized carbons (Fsp3) is 0.600. The number of benzene rings is 1. The first-order valence-corrected chi connectivity index (χ1v) is 10.5. The van der Waals surface area contributed by atoms with Crippen molar-refractivity contribution in [3.8, 4) is 5.75 Å². The SMILES string of the molecule is CCOP(=O)(OCC)SCCC[C@@H](O)c1ccccc1OC. The highest BCUT2D eigenvalue weighted by atomic mass is 32.7. The van der Waals surface area contributed by atoms with Crippen LogP contribution in [0, 0.1) is 0 Å². The molecule has 0 aromatic heterocycles. The predicted molar refractivity (Wildman–Crippen MR) is 90.5 cm³/mol. The van der Waals surface area contributed by atoms with Crippen molar-refractivity contribution in [3.63, 3.8) is 0 Å². The summed E-state index contributed by atoms with van der Waals surface area (Å²) in [5, 5.41) is 10.2. The van der Waals surface area contributed by atoms with Crippen molar-refractivity contribution < 1.29 is 23.5 Å². The second kappa shape index (κ2) is 10.3. The quantitative estimate of drug-likeness (QED) is 0.472. The van der Waals surface area contributed by atoms with Crippen LogP contribution in [0.3, 0.4) is 0 Å². The zero-order chi connectivity index (χ0) is 16.4. The Kier molecular flexibility index (Phi) is 9.13. The molecule has 0 heterocycles. The van der Waals surface area contributed by atoms with E-state index in [2.05, 4.69) is 0 Å². The molecule has 0 saturated heterocycles. The van der Waals surface area contributed by atoms with E-state index in [1.807, 2.05) is 24.3 Å². The van der Waals surface area contributed by atoms with Crippen molar-refractivity contribution in [1.82, 2.24) is 0 Å². The van der Waals surface area contributed by atoms with Crippen molar-refractivity contribution in [2.75, 3.05) is 26.1 Å². The van der Waals surface area contributed by atoms with Crippen molar-refractivity contribution in [2.45, 2.75) is 32.8 Å². The van der Waals surface area contributed by atoms with E-state index < -0.39 is 12.9 Å². The first kappa shape index (κ1) is 19.5. The van der Waals surface area contributed by atoms with Gasteiger partial charge >= 0.3 is 6.80 Å². The number of hydrogen-bond donors (Lipinski definition) is 1. The van der Waals surface area contributed by atoms with Gasteiger partial charge in [-0.1, -0.05) is 18.2 Å². The zero-order valence-corrected chi connectivity index (χ0v) is 15.1. The molecule has 0 aliphatic carbocycles. The molecule has 0 spiro atoms. The van der Waals surface area contributed by atoms with E-state index in [-0.39, 0.29) is 0 Å². The standard InChI is InChI=1S/C15H25O5PS/c1-4-19-21(17,20-5-2)22-12-8-10-14(16)13-9-6-7-11-15(13)18-3/h6-7,9,11,14,16H,4-5,8,10,12H2,1-3H3/t14-/m1/s1. The number of aliphatic hydroxyl groups is 1.